The number of methoxy groups -OCH3 is 1. The summed E-state index contributed by atoms with van der Waals surface area (Å²) in [5.41, 5.74) is 1.65. The molecule has 0 atom stereocenters. The SMILES string of the molecule is CCOc1ccc(NCC(=O)N2CCN(c3ccc(OC)cc3)CC2)cc1S(=O)(=O)N(C)C. The molecule has 0 aliphatic carbocycles. The van der Waals surface area contributed by atoms with Gasteiger partial charge in [-0.2, -0.15) is 0 Å². The van der Waals surface area contributed by atoms with E-state index in [0.29, 0.717) is 25.4 Å². The second kappa shape index (κ2) is 10.8. The maximum atomic E-state index is 12.7. The van der Waals surface area contributed by atoms with Crippen LogP contribution in [0.2, 0.25) is 0 Å². The topological polar surface area (TPSA) is 91.4 Å². The first-order valence-corrected chi connectivity index (χ1v) is 12.3. The van der Waals surface area contributed by atoms with Gasteiger partial charge in [0.25, 0.3) is 0 Å². The van der Waals surface area contributed by atoms with Crippen molar-refractivity contribution >= 4 is 27.3 Å². The largest absolute Gasteiger partial charge is 0.497 e. The van der Waals surface area contributed by atoms with Gasteiger partial charge in [0.05, 0.1) is 20.3 Å². The van der Waals surface area contributed by atoms with E-state index in [-0.39, 0.29) is 23.1 Å². The molecule has 33 heavy (non-hydrogen) atoms. The molecule has 0 spiro atoms. The van der Waals surface area contributed by atoms with Gasteiger partial charge < -0.3 is 24.6 Å². The summed E-state index contributed by atoms with van der Waals surface area (Å²) >= 11 is 0. The average Bonchev–Trinajstić information content (AvgIpc) is 2.83. The number of carbonyl (C=O) groups excluding carboxylic acids is 1. The Morgan fingerprint density at radius 3 is 2.30 bits per heavy atom. The van der Waals surface area contributed by atoms with Crippen LogP contribution in [0, 0.1) is 0 Å². The van der Waals surface area contributed by atoms with Crippen LogP contribution in [0.15, 0.2) is 47.4 Å². The quantitative estimate of drug-likeness (QED) is 0.593. The number of sulfonamides is 1. The first kappa shape index (κ1) is 24.7. The molecular weight excluding hydrogens is 444 g/mol. The molecule has 0 unspecified atom stereocenters. The Balaban J connectivity index is 1.59. The molecule has 2 aromatic rings. The van der Waals surface area contributed by atoms with Gasteiger partial charge in [-0.05, 0) is 49.4 Å². The molecular formula is C23H32N4O5S. The third kappa shape index (κ3) is 5.88. The summed E-state index contributed by atoms with van der Waals surface area (Å²) in [5.74, 6) is 1.07. The van der Waals surface area contributed by atoms with Crippen molar-refractivity contribution in [2.45, 2.75) is 11.8 Å². The molecule has 9 nitrogen and oxygen atoms in total. The summed E-state index contributed by atoms with van der Waals surface area (Å²) in [7, 11) is 0.898. The number of anilines is 2. The van der Waals surface area contributed by atoms with E-state index in [9.17, 15) is 13.2 Å². The second-order valence-corrected chi connectivity index (χ2v) is 9.92. The smallest absolute Gasteiger partial charge is 0.246 e. The van der Waals surface area contributed by atoms with Crippen LogP contribution in [0.4, 0.5) is 11.4 Å². The Morgan fingerprint density at radius 1 is 1.06 bits per heavy atom. The molecule has 0 aromatic heterocycles. The highest BCUT2D eigenvalue weighted by Gasteiger charge is 2.24. The number of piperazine rings is 1. The maximum Gasteiger partial charge on any atom is 0.246 e. The van der Waals surface area contributed by atoms with Gasteiger partial charge in [-0.15, -0.1) is 0 Å². The van der Waals surface area contributed by atoms with Crippen LogP contribution in [0.25, 0.3) is 0 Å². The standard InChI is InChI=1S/C23H32N4O5S/c1-5-32-21-11-6-18(16-22(21)33(29,30)25(2)3)24-17-23(28)27-14-12-26(13-15-27)19-7-9-20(31-4)10-8-19/h6-11,16,24H,5,12-15,17H2,1-4H3. The van der Waals surface area contributed by atoms with Crippen molar-refractivity contribution in [1.29, 1.82) is 0 Å². The Kier molecular flexibility index (Phi) is 8.04. The second-order valence-electron chi connectivity index (χ2n) is 7.80. The Hall–Kier alpha value is -2.98. The molecule has 2 aromatic carbocycles. The number of benzene rings is 2. The highest BCUT2D eigenvalue weighted by molar-refractivity contribution is 7.89. The predicted molar refractivity (Wildman–Crippen MR) is 129 cm³/mol. The van der Waals surface area contributed by atoms with E-state index < -0.39 is 10.0 Å². The maximum absolute atomic E-state index is 12.7. The zero-order valence-corrected chi connectivity index (χ0v) is 20.4. The highest BCUT2D eigenvalue weighted by Crippen LogP contribution is 2.29. The summed E-state index contributed by atoms with van der Waals surface area (Å²) in [6.45, 7) is 4.96. The molecule has 1 heterocycles. The zero-order valence-electron chi connectivity index (χ0n) is 19.6. The van der Waals surface area contributed by atoms with Gasteiger partial charge in [0.1, 0.15) is 16.4 Å². The normalized spacial score (nSPS) is 14.3. The lowest BCUT2D eigenvalue weighted by molar-refractivity contribution is -0.129. The minimum Gasteiger partial charge on any atom is -0.497 e. The molecule has 1 N–H and O–H groups in total. The lowest BCUT2D eigenvalue weighted by Gasteiger charge is -2.36. The van der Waals surface area contributed by atoms with Crippen molar-refractivity contribution in [1.82, 2.24) is 9.21 Å². The predicted octanol–water partition coefficient (Wildman–Crippen LogP) is 2.10. The summed E-state index contributed by atoms with van der Waals surface area (Å²) in [6.07, 6.45) is 0. The van der Waals surface area contributed by atoms with E-state index in [0.717, 1.165) is 28.8 Å². The lowest BCUT2D eigenvalue weighted by Crippen LogP contribution is -2.50. The fourth-order valence-corrected chi connectivity index (χ4v) is 4.64. The van der Waals surface area contributed by atoms with Crippen LogP contribution in [0.1, 0.15) is 6.92 Å². The lowest BCUT2D eigenvalue weighted by atomic mass is 10.2. The molecule has 1 aliphatic heterocycles. The Labute approximate surface area is 195 Å². The third-order valence-electron chi connectivity index (χ3n) is 5.52. The molecule has 0 saturated carbocycles. The molecule has 3 rings (SSSR count). The molecule has 1 amide bonds. The first-order valence-electron chi connectivity index (χ1n) is 10.9. The minimum atomic E-state index is -3.69. The number of nitrogens with one attached hydrogen (secondary N) is 1. The Morgan fingerprint density at radius 2 is 1.73 bits per heavy atom. The average molecular weight is 477 g/mol. The molecule has 180 valence electrons. The van der Waals surface area contributed by atoms with Crippen molar-refractivity contribution in [3.05, 3.63) is 42.5 Å². The summed E-state index contributed by atoms with van der Waals surface area (Å²) < 4.78 is 37.2. The van der Waals surface area contributed by atoms with Gasteiger partial charge in [-0.3, -0.25) is 4.79 Å². The van der Waals surface area contributed by atoms with E-state index in [4.69, 9.17) is 9.47 Å². The van der Waals surface area contributed by atoms with E-state index in [2.05, 4.69) is 10.2 Å². The van der Waals surface area contributed by atoms with Crippen molar-refractivity contribution in [3.63, 3.8) is 0 Å². The van der Waals surface area contributed by atoms with Crippen LogP contribution < -0.4 is 19.7 Å². The fourth-order valence-electron chi connectivity index (χ4n) is 3.59. The number of carbonyl (C=O) groups is 1. The zero-order chi connectivity index (χ0) is 24.0. The number of hydrogen-bond acceptors (Lipinski definition) is 7. The Bertz CT molecular complexity index is 1050. The minimum absolute atomic E-state index is 0.0321. The molecule has 0 radical (unpaired) electrons. The van der Waals surface area contributed by atoms with Crippen LogP contribution in [0.5, 0.6) is 11.5 Å². The van der Waals surface area contributed by atoms with Crippen LogP contribution in [0.3, 0.4) is 0 Å². The number of hydrogen-bond donors (Lipinski definition) is 1. The van der Waals surface area contributed by atoms with E-state index in [1.807, 2.05) is 29.2 Å². The van der Waals surface area contributed by atoms with Gasteiger partial charge >= 0.3 is 0 Å². The molecule has 1 saturated heterocycles. The molecule has 10 heteroatoms. The summed E-state index contributed by atoms with van der Waals surface area (Å²) in [5, 5.41) is 3.06. The van der Waals surface area contributed by atoms with Crippen LogP contribution >= 0.6 is 0 Å². The summed E-state index contributed by atoms with van der Waals surface area (Å²) in [6, 6.07) is 12.7. The van der Waals surface area contributed by atoms with Crippen LogP contribution in [-0.4, -0.2) is 84.1 Å². The molecule has 1 aliphatic rings. The number of nitrogens with zero attached hydrogens (tertiary/aromatic N) is 3. The van der Waals surface area contributed by atoms with Gasteiger partial charge in [-0.1, -0.05) is 0 Å². The van der Waals surface area contributed by atoms with Crippen molar-refractivity contribution in [2.75, 3.05) is 70.8 Å². The number of amides is 1. The first-order chi connectivity index (χ1) is 15.8. The van der Waals surface area contributed by atoms with Crippen LogP contribution in [-0.2, 0) is 14.8 Å². The van der Waals surface area contributed by atoms with Crippen molar-refractivity contribution < 1.29 is 22.7 Å². The van der Waals surface area contributed by atoms with Gasteiger partial charge in [0.15, 0.2) is 0 Å². The fraction of sp³-hybridized carbons (Fsp3) is 0.435. The molecule has 1 fully saturated rings. The monoisotopic (exact) mass is 476 g/mol. The van der Waals surface area contributed by atoms with Gasteiger partial charge in [0, 0.05) is 51.6 Å². The van der Waals surface area contributed by atoms with Gasteiger partial charge in [-0.25, -0.2) is 12.7 Å². The van der Waals surface area contributed by atoms with E-state index in [1.54, 1.807) is 26.2 Å². The van der Waals surface area contributed by atoms with Crippen molar-refractivity contribution in [3.8, 4) is 11.5 Å². The summed E-state index contributed by atoms with van der Waals surface area (Å²) in [4.78, 5) is 16.9. The van der Waals surface area contributed by atoms with E-state index >= 15 is 0 Å². The van der Waals surface area contributed by atoms with Crippen molar-refractivity contribution in [2.24, 2.45) is 0 Å². The number of rotatable bonds is 9. The highest BCUT2D eigenvalue weighted by atomic mass is 32.2. The third-order valence-corrected chi connectivity index (χ3v) is 7.35. The number of ether oxygens (including phenoxy) is 2. The molecule has 0 bridgehead atoms. The van der Waals surface area contributed by atoms with E-state index in [1.165, 1.54) is 20.2 Å². The van der Waals surface area contributed by atoms with Gasteiger partial charge in [0.2, 0.25) is 15.9 Å².